The minimum Gasteiger partial charge on any atom is -0.373 e. The molecule has 0 unspecified atom stereocenters. The summed E-state index contributed by atoms with van der Waals surface area (Å²) >= 11 is 0. The molecule has 0 amide bonds. The summed E-state index contributed by atoms with van der Waals surface area (Å²) in [6, 6.07) is 2.08. The lowest BCUT2D eigenvalue weighted by atomic mass is 10.0. The van der Waals surface area contributed by atoms with E-state index >= 15 is 0 Å². The van der Waals surface area contributed by atoms with Crippen LogP contribution in [0.5, 0.6) is 0 Å². The molecular weight excluding hydrogens is 214 g/mol. The van der Waals surface area contributed by atoms with Crippen molar-refractivity contribution in [3.05, 3.63) is 17.5 Å². The van der Waals surface area contributed by atoms with Crippen LogP contribution in [0.2, 0.25) is 0 Å². The second kappa shape index (κ2) is 5.19. The lowest BCUT2D eigenvalue weighted by molar-refractivity contribution is 0.0709. The van der Waals surface area contributed by atoms with Crippen LogP contribution >= 0.6 is 0 Å². The molecule has 0 bridgehead atoms. The van der Waals surface area contributed by atoms with Crippen LogP contribution in [-0.4, -0.2) is 21.9 Å². The number of nitrogens with two attached hydrogens (primary N) is 1. The van der Waals surface area contributed by atoms with E-state index in [4.69, 9.17) is 10.5 Å². The predicted octanol–water partition coefficient (Wildman–Crippen LogP) is 2.00. The minimum absolute atomic E-state index is 0.0773. The summed E-state index contributed by atoms with van der Waals surface area (Å²) in [5, 5.41) is 4.40. The van der Waals surface area contributed by atoms with E-state index in [2.05, 4.69) is 18.1 Å². The van der Waals surface area contributed by atoms with E-state index < -0.39 is 0 Å². The Morgan fingerprint density at radius 1 is 1.47 bits per heavy atom. The molecule has 0 aliphatic heterocycles. The van der Waals surface area contributed by atoms with Crippen molar-refractivity contribution < 1.29 is 4.74 Å². The molecule has 1 heterocycles. The first kappa shape index (κ1) is 12.6. The van der Waals surface area contributed by atoms with Gasteiger partial charge in [-0.2, -0.15) is 5.10 Å². The van der Waals surface area contributed by atoms with Gasteiger partial charge < -0.3 is 10.5 Å². The van der Waals surface area contributed by atoms with Gasteiger partial charge >= 0.3 is 0 Å². The molecule has 0 aromatic carbocycles. The smallest absolute Gasteiger partial charge is 0.0885 e. The van der Waals surface area contributed by atoms with Gasteiger partial charge in [0.15, 0.2) is 0 Å². The fourth-order valence-corrected chi connectivity index (χ4v) is 2.57. The van der Waals surface area contributed by atoms with Crippen molar-refractivity contribution in [1.82, 2.24) is 9.78 Å². The summed E-state index contributed by atoms with van der Waals surface area (Å²) in [6.07, 6.45) is 4.68. The summed E-state index contributed by atoms with van der Waals surface area (Å²) in [6.45, 7) is 6.28. The van der Waals surface area contributed by atoms with Gasteiger partial charge in [0.2, 0.25) is 0 Å². The highest BCUT2D eigenvalue weighted by Crippen LogP contribution is 2.27. The molecule has 17 heavy (non-hydrogen) atoms. The van der Waals surface area contributed by atoms with Gasteiger partial charge in [-0.05, 0) is 32.8 Å². The van der Waals surface area contributed by atoms with Gasteiger partial charge in [-0.1, -0.05) is 12.8 Å². The summed E-state index contributed by atoms with van der Waals surface area (Å²) in [4.78, 5) is 0. The zero-order valence-corrected chi connectivity index (χ0v) is 10.9. The van der Waals surface area contributed by atoms with E-state index in [1.54, 1.807) is 0 Å². The monoisotopic (exact) mass is 237 g/mol. The van der Waals surface area contributed by atoms with Crippen LogP contribution in [0.25, 0.3) is 0 Å². The molecule has 0 atom stereocenters. The topological polar surface area (TPSA) is 53.1 Å². The van der Waals surface area contributed by atoms with Crippen LogP contribution in [0.1, 0.15) is 44.0 Å². The lowest BCUT2D eigenvalue weighted by Gasteiger charge is -2.23. The molecule has 1 saturated carbocycles. The quantitative estimate of drug-likeness (QED) is 0.852. The standard InChI is InChI=1S/C13H23N3O/c1-3-16-12(8-11(2)15-16)9-17-10-13(14)6-4-5-7-13/h8H,3-7,9-10,14H2,1-2H3. The Kier molecular flexibility index (Phi) is 3.84. The number of aryl methyl sites for hydroxylation is 2. The average molecular weight is 237 g/mol. The maximum atomic E-state index is 6.25. The van der Waals surface area contributed by atoms with E-state index in [1.807, 2.05) is 11.6 Å². The van der Waals surface area contributed by atoms with E-state index in [1.165, 1.54) is 12.8 Å². The van der Waals surface area contributed by atoms with Gasteiger partial charge in [0.05, 0.1) is 24.6 Å². The van der Waals surface area contributed by atoms with E-state index in [9.17, 15) is 0 Å². The van der Waals surface area contributed by atoms with Crippen molar-refractivity contribution >= 4 is 0 Å². The van der Waals surface area contributed by atoms with E-state index in [0.717, 1.165) is 30.8 Å². The molecule has 1 aromatic rings. The van der Waals surface area contributed by atoms with Crippen molar-refractivity contribution in [2.45, 2.75) is 58.2 Å². The molecule has 96 valence electrons. The maximum Gasteiger partial charge on any atom is 0.0885 e. The van der Waals surface area contributed by atoms with Gasteiger partial charge in [-0.15, -0.1) is 0 Å². The van der Waals surface area contributed by atoms with Gasteiger partial charge in [-0.25, -0.2) is 0 Å². The zero-order valence-electron chi connectivity index (χ0n) is 10.9. The van der Waals surface area contributed by atoms with Crippen molar-refractivity contribution in [3.63, 3.8) is 0 Å². The summed E-state index contributed by atoms with van der Waals surface area (Å²) in [5.74, 6) is 0. The van der Waals surface area contributed by atoms with Crippen LogP contribution in [-0.2, 0) is 17.9 Å². The largest absolute Gasteiger partial charge is 0.373 e. The fraction of sp³-hybridized carbons (Fsp3) is 0.769. The summed E-state index contributed by atoms with van der Waals surface area (Å²) in [7, 11) is 0. The van der Waals surface area contributed by atoms with Crippen LogP contribution in [0.4, 0.5) is 0 Å². The van der Waals surface area contributed by atoms with Gasteiger partial charge in [-0.3, -0.25) is 4.68 Å². The van der Waals surface area contributed by atoms with Crippen LogP contribution < -0.4 is 5.73 Å². The average Bonchev–Trinajstić information content (AvgIpc) is 2.86. The summed E-state index contributed by atoms with van der Waals surface area (Å²) < 4.78 is 7.77. The maximum absolute atomic E-state index is 6.25. The molecule has 1 aliphatic carbocycles. The second-order valence-corrected chi connectivity index (χ2v) is 5.16. The van der Waals surface area contributed by atoms with Crippen molar-refractivity contribution in [2.24, 2.45) is 5.73 Å². The van der Waals surface area contributed by atoms with Gasteiger partial charge in [0.25, 0.3) is 0 Å². The van der Waals surface area contributed by atoms with Crippen molar-refractivity contribution in [1.29, 1.82) is 0 Å². The molecule has 2 rings (SSSR count). The molecular formula is C13H23N3O. The second-order valence-electron chi connectivity index (χ2n) is 5.16. The van der Waals surface area contributed by atoms with Gasteiger partial charge in [0, 0.05) is 12.1 Å². The Morgan fingerprint density at radius 3 is 2.82 bits per heavy atom. The molecule has 4 nitrogen and oxygen atoms in total. The lowest BCUT2D eigenvalue weighted by Crippen LogP contribution is -2.41. The first-order valence-electron chi connectivity index (χ1n) is 6.53. The molecule has 0 radical (unpaired) electrons. The van der Waals surface area contributed by atoms with Crippen molar-refractivity contribution in [3.8, 4) is 0 Å². The third-order valence-electron chi connectivity index (χ3n) is 3.52. The zero-order chi connectivity index (χ0) is 12.3. The molecule has 1 aliphatic rings. The van der Waals surface area contributed by atoms with E-state index in [0.29, 0.717) is 13.2 Å². The first-order chi connectivity index (χ1) is 8.13. The highest BCUT2D eigenvalue weighted by molar-refractivity contribution is 5.07. The van der Waals surface area contributed by atoms with Gasteiger partial charge in [0.1, 0.15) is 0 Å². The Bertz CT molecular complexity index is 367. The Morgan fingerprint density at radius 2 is 2.18 bits per heavy atom. The highest BCUT2D eigenvalue weighted by Gasteiger charge is 2.29. The molecule has 4 heteroatoms. The number of hydrogen-bond donors (Lipinski definition) is 1. The number of aromatic nitrogens is 2. The molecule has 2 N–H and O–H groups in total. The molecule has 0 spiro atoms. The number of hydrogen-bond acceptors (Lipinski definition) is 3. The third kappa shape index (κ3) is 3.07. The predicted molar refractivity (Wildman–Crippen MR) is 67.7 cm³/mol. The molecule has 1 fully saturated rings. The highest BCUT2D eigenvalue weighted by atomic mass is 16.5. The Labute approximate surface area is 103 Å². The van der Waals surface area contributed by atoms with E-state index in [-0.39, 0.29) is 5.54 Å². The van der Waals surface area contributed by atoms with Crippen molar-refractivity contribution in [2.75, 3.05) is 6.61 Å². The Balaban J connectivity index is 1.85. The summed E-state index contributed by atoms with van der Waals surface area (Å²) in [5.41, 5.74) is 8.37. The molecule has 1 aromatic heterocycles. The normalized spacial score (nSPS) is 18.8. The SMILES string of the molecule is CCn1nc(C)cc1COCC1(N)CCCC1. The fourth-order valence-electron chi connectivity index (χ4n) is 2.57. The minimum atomic E-state index is -0.0773. The Hall–Kier alpha value is -0.870. The number of ether oxygens (including phenoxy) is 1. The first-order valence-corrected chi connectivity index (χ1v) is 6.53. The number of rotatable bonds is 5. The van der Waals surface area contributed by atoms with Crippen LogP contribution in [0.15, 0.2) is 6.07 Å². The van der Waals surface area contributed by atoms with Crippen LogP contribution in [0.3, 0.4) is 0 Å². The third-order valence-corrected chi connectivity index (χ3v) is 3.52. The van der Waals surface area contributed by atoms with Crippen LogP contribution in [0, 0.1) is 6.92 Å². The molecule has 0 saturated heterocycles. The number of nitrogens with zero attached hydrogens (tertiary/aromatic N) is 2.